The molecule has 3 saturated carbocycles. The van der Waals surface area contributed by atoms with Gasteiger partial charge in [0.2, 0.25) is 0 Å². The zero-order valence-corrected chi connectivity index (χ0v) is 40.1. The molecule has 4 aliphatic carbocycles. The maximum absolute atomic E-state index is 12.6. The lowest BCUT2D eigenvalue weighted by Crippen LogP contribution is -2.64. The Bertz CT molecular complexity index is 1730. The van der Waals surface area contributed by atoms with Crippen LogP contribution in [0.1, 0.15) is 107 Å². The summed E-state index contributed by atoms with van der Waals surface area (Å²) in [5.74, 6) is -1.47. The molecule has 67 heavy (non-hydrogen) atoms. The van der Waals surface area contributed by atoms with Crippen LogP contribution in [-0.2, 0) is 47.5 Å². The molecule has 25 unspecified atom stereocenters. The molecule has 25 atom stereocenters. The second-order valence-electron chi connectivity index (χ2n) is 21.6. The van der Waals surface area contributed by atoms with Gasteiger partial charge in [0.05, 0.1) is 43.7 Å². The van der Waals surface area contributed by atoms with E-state index in [4.69, 9.17) is 37.9 Å². The number of hydrogen-bond acceptors (Lipinski definition) is 19. The molecule has 7 rings (SSSR count). The van der Waals surface area contributed by atoms with Crippen LogP contribution in [0.5, 0.6) is 0 Å². The minimum Gasteiger partial charge on any atom is -0.456 e. The lowest BCUT2D eigenvalue weighted by molar-refractivity contribution is -0.363. The molecule has 19 nitrogen and oxygen atoms in total. The van der Waals surface area contributed by atoms with Crippen LogP contribution in [0.25, 0.3) is 0 Å². The van der Waals surface area contributed by atoms with Crippen LogP contribution in [0.15, 0.2) is 11.6 Å². The Hall–Kier alpha value is -1.92. The molecule has 0 aromatic heterocycles. The summed E-state index contributed by atoms with van der Waals surface area (Å²) in [6, 6.07) is 0. The van der Waals surface area contributed by atoms with E-state index in [0.717, 1.165) is 24.8 Å². The van der Waals surface area contributed by atoms with E-state index in [0.29, 0.717) is 31.6 Å². The van der Waals surface area contributed by atoms with Crippen molar-refractivity contribution < 1.29 is 93.4 Å². The lowest BCUT2D eigenvalue weighted by Gasteiger charge is -2.60. The summed E-state index contributed by atoms with van der Waals surface area (Å²) >= 11 is 0. The van der Waals surface area contributed by atoms with Gasteiger partial charge in [-0.2, -0.15) is 0 Å². The summed E-state index contributed by atoms with van der Waals surface area (Å²) in [7, 11) is 0. The minimum absolute atomic E-state index is 0.0153. The maximum Gasteiger partial charge on any atom is 0.303 e. The highest BCUT2D eigenvalue weighted by Gasteiger charge is 2.65. The van der Waals surface area contributed by atoms with Crippen LogP contribution < -0.4 is 0 Å². The Kier molecular flexibility index (Phi) is 16.6. The fourth-order valence-electron chi connectivity index (χ4n) is 13.4. The van der Waals surface area contributed by atoms with Gasteiger partial charge in [0.1, 0.15) is 42.7 Å². The predicted molar refractivity (Wildman–Crippen MR) is 233 cm³/mol. The largest absolute Gasteiger partial charge is 0.456 e. The van der Waals surface area contributed by atoms with Gasteiger partial charge < -0.3 is 83.9 Å². The van der Waals surface area contributed by atoms with E-state index in [1.807, 2.05) is 6.92 Å². The molecular formula is C48H78O19. The first kappa shape index (κ1) is 52.9. The molecule has 0 aromatic carbocycles. The molecule has 384 valence electrons. The van der Waals surface area contributed by atoms with Gasteiger partial charge in [-0.1, -0.05) is 46.3 Å². The van der Waals surface area contributed by atoms with Crippen molar-refractivity contribution >= 4 is 11.9 Å². The number of ether oxygens (including phenoxy) is 8. The van der Waals surface area contributed by atoms with Crippen molar-refractivity contribution in [3.63, 3.8) is 0 Å². The van der Waals surface area contributed by atoms with Gasteiger partial charge in [0, 0.05) is 25.7 Å². The van der Waals surface area contributed by atoms with Gasteiger partial charge in [-0.25, -0.2) is 0 Å². The average molecular weight is 959 g/mol. The monoisotopic (exact) mass is 959 g/mol. The lowest BCUT2D eigenvalue weighted by atomic mass is 9.46. The first-order valence-electron chi connectivity index (χ1n) is 24.5. The molecule has 19 heteroatoms. The summed E-state index contributed by atoms with van der Waals surface area (Å²) in [5, 5.41) is 97.9. The smallest absolute Gasteiger partial charge is 0.303 e. The third-order valence-electron chi connectivity index (χ3n) is 17.0. The normalized spacial score (nSPS) is 48.6. The van der Waals surface area contributed by atoms with E-state index in [-0.39, 0.29) is 48.0 Å². The van der Waals surface area contributed by atoms with E-state index < -0.39 is 134 Å². The summed E-state index contributed by atoms with van der Waals surface area (Å²) < 4.78 is 49.3. The van der Waals surface area contributed by atoms with Gasteiger partial charge in [-0.15, -0.1) is 0 Å². The average Bonchev–Trinajstić information content (AvgIpc) is 3.56. The van der Waals surface area contributed by atoms with Crippen LogP contribution in [0, 0.1) is 46.3 Å². The Morgan fingerprint density at radius 2 is 1.43 bits per heavy atom. The molecule has 0 aromatic rings. The minimum atomic E-state index is -1.75. The van der Waals surface area contributed by atoms with Gasteiger partial charge in [0.15, 0.2) is 37.2 Å². The zero-order valence-electron chi connectivity index (χ0n) is 40.1. The van der Waals surface area contributed by atoms with E-state index >= 15 is 0 Å². The Balaban J connectivity index is 1.21. The van der Waals surface area contributed by atoms with E-state index in [9.17, 15) is 55.5 Å². The molecular weight excluding hydrogens is 881 g/mol. The third kappa shape index (κ3) is 10.3. The van der Waals surface area contributed by atoms with Crippen molar-refractivity contribution in [2.45, 2.75) is 217 Å². The summed E-state index contributed by atoms with van der Waals surface area (Å²) in [6.45, 7) is 13.7. The highest BCUT2D eigenvalue weighted by molar-refractivity contribution is 5.67. The van der Waals surface area contributed by atoms with Crippen molar-refractivity contribution in [1.29, 1.82) is 0 Å². The quantitative estimate of drug-likeness (QED) is 0.0850. The van der Waals surface area contributed by atoms with E-state index in [1.165, 1.54) is 20.8 Å². The van der Waals surface area contributed by atoms with Crippen LogP contribution in [-0.4, -0.2) is 182 Å². The number of fused-ring (bicyclic) bond motifs is 5. The van der Waals surface area contributed by atoms with Crippen molar-refractivity contribution in [2.75, 3.05) is 13.2 Å². The highest BCUT2D eigenvalue weighted by atomic mass is 16.8. The Morgan fingerprint density at radius 3 is 2.07 bits per heavy atom. The van der Waals surface area contributed by atoms with Gasteiger partial charge in [-0.3, -0.25) is 9.59 Å². The van der Waals surface area contributed by atoms with Crippen molar-refractivity contribution in [2.24, 2.45) is 46.3 Å². The Morgan fingerprint density at radius 1 is 0.776 bits per heavy atom. The molecule has 0 spiro atoms. The van der Waals surface area contributed by atoms with E-state index in [1.54, 1.807) is 0 Å². The van der Waals surface area contributed by atoms with Crippen molar-refractivity contribution in [1.82, 2.24) is 0 Å². The first-order chi connectivity index (χ1) is 31.5. The topological polar surface area (TPSA) is 290 Å². The van der Waals surface area contributed by atoms with Gasteiger partial charge in [0.25, 0.3) is 0 Å². The van der Waals surface area contributed by atoms with E-state index in [2.05, 4.69) is 33.8 Å². The van der Waals surface area contributed by atoms with Crippen LogP contribution in [0.3, 0.4) is 0 Å². The third-order valence-corrected chi connectivity index (χ3v) is 17.0. The molecule has 3 saturated heterocycles. The maximum atomic E-state index is 12.6. The summed E-state index contributed by atoms with van der Waals surface area (Å²) in [6.07, 6.45) is -15.8. The van der Waals surface area contributed by atoms with Crippen molar-refractivity contribution in [3.8, 4) is 0 Å². The number of rotatable bonds is 14. The first-order valence-corrected chi connectivity index (χ1v) is 24.5. The molecule has 6 fully saturated rings. The second-order valence-corrected chi connectivity index (χ2v) is 21.6. The molecule has 3 heterocycles. The zero-order chi connectivity index (χ0) is 49.0. The van der Waals surface area contributed by atoms with Crippen molar-refractivity contribution in [3.05, 3.63) is 11.6 Å². The van der Waals surface area contributed by atoms with Gasteiger partial charge in [-0.05, 0) is 92.8 Å². The fourth-order valence-corrected chi connectivity index (χ4v) is 13.4. The number of hydrogen-bond donors (Lipinski definition) is 9. The molecule has 7 aliphatic rings. The Labute approximate surface area is 393 Å². The number of aliphatic hydroxyl groups excluding tert-OH is 9. The van der Waals surface area contributed by atoms with Gasteiger partial charge >= 0.3 is 11.9 Å². The summed E-state index contributed by atoms with van der Waals surface area (Å²) in [5.41, 5.74) is -0.0680. The number of aliphatic hydroxyl groups is 9. The number of allylic oxidation sites excluding steroid dienone is 1. The van der Waals surface area contributed by atoms with Crippen LogP contribution in [0.2, 0.25) is 0 Å². The molecule has 9 N–H and O–H groups in total. The molecule has 0 radical (unpaired) electrons. The standard InChI is InChI=1S/C48H78O19/c1-20(2)9-12-30(53)21(3)35-31(64-45-41(59)39(57)37(55)32(18-49)65-45)17-29-27-11-10-25-15-26(52)16-34(48(25,8)28(27)13-14-47(29,35)7)66-46-43(67-44-40(58)38(56)36(54)22(4)61-44)42(63-24(6)51)33(19-60-46)62-23(5)50/h10,20-22,26-46,49,52-59H,9,11-19H2,1-8H3. The molecule has 0 bridgehead atoms. The molecule has 3 aliphatic heterocycles. The molecule has 0 amide bonds. The predicted octanol–water partition coefficient (Wildman–Crippen LogP) is 0.582. The number of carbonyl (C=O) groups is 2. The second kappa shape index (κ2) is 21.0. The van der Waals surface area contributed by atoms with Crippen LogP contribution >= 0.6 is 0 Å². The summed E-state index contributed by atoms with van der Waals surface area (Å²) in [4.78, 5) is 24.9. The SMILES string of the molecule is CC(=O)OC1COC(OC2CC(O)CC3=CCC4C5CC(OC6OC(CO)C(O)C(O)C6O)C(C(C)C(O)CCC(C)C)C5(C)CCC4C32C)C(OC2OC(C)C(O)C(O)C2O)C1OC(C)=O. The number of carbonyl (C=O) groups excluding carboxylic acids is 2. The highest BCUT2D eigenvalue weighted by Crippen LogP contribution is 2.68. The van der Waals surface area contributed by atoms with Crippen LogP contribution in [0.4, 0.5) is 0 Å². The number of esters is 2. The fraction of sp³-hybridized carbons (Fsp3) is 0.917.